The number of benzene rings is 2. The molecule has 2 N–H and O–H groups in total. The Kier molecular flexibility index (Phi) is 6.51. The Labute approximate surface area is 177 Å². The van der Waals surface area contributed by atoms with Gasteiger partial charge in [0.2, 0.25) is 0 Å². The molecule has 29 heavy (non-hydrogen) atoms. The third kappa shape index (κ3) is 4.75. The maximum absolute atomic E-state index is 12.4. The van der Waals surface area contributed by atoms with E-state index in [1.807, 2.05) is 0 Å². The zero-order valence-electron chi connectivity index (χ0n) is 15.7. The SMILES string of the molecule is CCOC(=O)C1=C(O)/C(=C\c2ccc(OC)c(O)c2)SC1=Nc1cccc(Cl)c1. The number of hydrogen-bond donors (Lipinski definition) is 2. The standard InChI is InChI=1S/C21H18ClNO5S/c1-3-28-21(26)18-19(25)17(10-12-7-8-16(27-2)15(24)9-12)29-20(18)23-14-6-4-5-13(22)11-14/h4-11,24-25H,3H2,1-2H3/b17-10+,23-20?. The van der Waals surface area contributed by atoms with Gasteiger partial charge >= 0.3 is 5.97 Å². The van der Waals surface area contributed by atoms with Gasteiger partial charge in [0, 0.05) is 5.02 Å². The number of thioether (sulfide) groups is 1. The molecular weight excluding hydrogens is 414 g/mol. The summed E-state index contributed by atoms with van der Waals surface area (Å²) in [7, 11) is 1.46. The molecule has 0 spiro atoms. The van der Waals surface area contributed by atoms with E-state index in [-0.39, 0.29) is 23.7 Å². The maximum Gasteiger partial charge on any atom is 0.344 e. The van der Waals surface area contributed by atoms with Crippen molar-refractivity contribution in [3.8, 4) is 11.5 Å². The van der Waals surface area contributed by atoms with Crippen LogP contribution >= 0.6 is 23.4 Å². The van der Waals surface area contributed by atoms with Gasteiger partial charge in [0.1, 0.15) is 16.4 Å². The largest absolute Gasteiger partial charge is 0.506 e. The number of rotatable bonds is 5. The van der Waals surface area contributed by atoms with E-state index in [1.54, 1.807) is 49.4 Å². The minimum absolute atomic E-state index is 0.0131. The van der Waals surface area contributed by atoms with Crippen LogP contribution in [0.15, 0.2) is 63.7 Å². The first kappa shape index (κ1) is 20.8. The first-order chi connectivity index (χ1) is 13.9. The molecule has 0 radical (unpaired) electrons. The zero-order chi connectivity index (χ0) is 21.0. The molecule has 1 aliphatic rings. The number of phenols is 1. The number of carbonyl (C=O) groups excluding carboxylic acids is 1. The quantitative estimate of drug-likeness (QED) is 0.629. The van der Waals surface area contributed by atoms with Gasteiger partial charge in [-0.2, -0.15) is 0 Å². The van der Waals surface area contributed by atoms with Crippen molar-refractivity contribution >= 4 is 46.1 Å². The predicted octanol–water partition coefficient (Wildman–Crippen LogP) is 5.25. The van der Waals surface area contributed by atoms with Gasteiger partial charge in [0.25, 0.3) is 0 Å². The molecule has 1 aliphatic heterocycles. The highest BCUT2D eigenvalue weighted by Crippen LogP contribution is 2.41. The van der Waals surface area contributed by atoms with E-state index in [0.29, 0.717) is 32.0 Å². The number of phenolic OH excluding ortho intramolecular Hbond substituents is 1. The van der Waals surface area contributed by atoms with Crippen LogP contribution in [0.5, 0.6) is 11.5 Å². The molecule has 3 rings (SSSR count). The highest BCUT2D eigenvalue weighted by atomic mass is 35.5. The Morgan fingerprint density at radius 2 is 2.03 bits per heavy atom. The fourth-order valence-electron chi connectivity index (χ4n) is 2.60. The topological polar surface area (TPSA) is 88.4 Å². The fourth-order valence-corrected chi connectivity index (χ4v) is 3.82. The second kappa shape index (κ2) is 9.07. The minimum atomic E-state index is -0.667. The van der Waals surface area contributed by atoms with Crippen LogP contribution in [0.3, 0.4) is 0 Å². The third-order valence-corrected chi connectivity index (χ3v) is 5.16. The van der Waals surface area contributed by atoms with E-state index in [0.717, 1.165) is 11.8 Å². The van der Waals surface area contributed by atoms with Crippen molar-refractivity contribution in [3.63, 3.8) is 0 Å². The lowest BCUT2D eigenvalue weighted by molar-refractivity contribution is -0.138. The fraction of sp³-hybridized carbons (Fsp3) is 0.143. The Hall–Kier alpha value is -2.90. The Morgan fingerprint density at radius 1 is 1.24 bits per heavy atom. The number of aromatic hydroxyl groups is 1. The number of ether oxygens (including phenoxy) is 2. The number of methoxy groups -OCH3 is 1. The van der Waals surface area contributed by atoms with Crippen LogP contribution in [0, 0.1) is 0 Å². The summed E-state index contributed by atoms with van der Waals surface area (Å²) in [5.74, 6) is -0.600. The van der Waals surface area contributed by atoms with Gasteiger partial charge in [0.05, 0.1) is 24.3 Å². The molecule has 150 valence electrons. The molecule has 0 aliphatic carbocycles. The summed E-state index contributed by atoms with van der Waals surface area (Å²) in [5.41, 5.74) is 1.14. The van der Waals surface area contributed by atoms with E-state index < -0.39 is 5.97 Å². The second-order valence-electron chi connectivity index (χ2n) is 5.88. The molecule has 1 heterocycles. The van der Waals surface area contributed by atoms with Gasteiger partial charge in [-0.15, -0.1) is 0 Å². The van der Waals surface area contributed by atoms with Crippen LogP contribution in [0.1, 0.15) is 12.5 Å². The number of carbonyl (C=O) groups is 1. The van der Waals surface area contributed by atoms with Crippen LogP contribution in [-0.4, -0.2) is 34.9 Å². The highest BCUT2D eigenvalue weighted by molar-refractivity contribution is 8.18. The lowest BCUT2D eigenvalue weighted by Crippen LogP contribution is -2.12. The number of esters is 1. The van der Waals surface area contributed by atoms with E-state index in [2.05, 4.69) is 4.99 Å². The summed E-state index contributed by atoms with van der Waals surface area (Å²) in [6, 6.07) is 11.7. The van der Waals surface area contributed by atoms with Crippen molar-refractivity contribution in [1.82, 2.24) is 0 Å². The Morgan fingerprint density at radius 3 is 2.69 bits per heavy atom. The molecule has 6 nitrogen and oxygen atoms in total. The normalized spacial score (nSPS) is 16.5. The van der Waals surface area contributed by atoms with Gasteiger partial charge in [-0.25, -0.2) is 9.79 Å². The van der Waals surface area contributed by atoms with Crippen molar-refractivity contribution in [2.75, 3.05) is 13.7 Å². The molecule has 0 saturated carbocycles. The number of halogens is 1. The highest BCUT2D eigenvalue weighted by Gasteiger charge is 2.33. The molecule has 0 bridgehead atoms. The average molecular weight is 432 g/mol. The first-order valence-corrected chi connectivity index (χ1v) is 9.84. The third-order valence-electron chi connectivity index (χ3n) is 3.91. The molecule has 0 unspecified atom stereocenters. The zero-order valence-corrected chi connectivity index (χ0v) is 17.3. The summed E-state index contributed by atoms with van der Waals surface area (Å²) < 4.78 is 10.1. The van der Waals surface area contributed by atoms with Crippen molar-refractivity contribution < 1.29 is 24.5 Å². The van der Waals surface area contributed by atoms with Gasteiger partial charge in [-0.05, 0) is 48.9 Å². The van der Waals surface area contributed by atoms with Crippen molar-refractivity contribution in [2.45, 2.75) is 6.92 Å². The van der Waals surface area contributed by atoms with E-state index in [1.165, 1.54) is 13.2 Å². The number of hydrogen-bond acceptors (Lipinski definition) is 7. The Bertz CT molecular complexity index is 1050. The number of nitrogens with zero attached hydrogens (tertiary/aromatic N) is 1. The van der Waals surface area contributed by atoms with Crippen LogP contribution in [0.2, 0.25) is 5.02 Å². The van der Waals surface area contributed by atoms with E-state index >= 15 is 0 Å². The van der Waals surface area contributed by atoms with Crippen LogP contribution in [0.25, 0.3) is 6.08 Å². The smallest absolute Gasteiger partial charge is 0.344 e. The summed E-state index contributed by atoms with van der Waals surface area (Å²) in [4.78, 5) is 17.3. The second-order valence-corrected chi connectivity index (χ2v) is 7.35. The first-order valence-electron chi connectivity index (χ1n) is 8.64. The Balaban J connectivity index is 2.04. The van der Waals surface area contributed by atoms with Crippen LogP contribution < -0.4 is 4.74 Å². The van der Waals surface area contributed by atoms with Gasteiger partial charge in [-0.1, -0.05) is 35.5 Å². The number of aliphatic hydroxyl groups is 1. The van der Waals surface area contributed by atoms with E-state index in [4.69, 9.17) is 21.1 Å². The van der Waals surface area contributed by atoms with Gasteiger partial charge in [-0.3, -0.25) is 0 Å². The summed E-state index contributed by atoms with van der Waals surface area (Å²) in [6.07, 6.45) is 1.64. The number of aliphatic imine (C=N–C) groups is 1. The average Bonchev–Trinajstić information content (AvgIpc) is 2.97. The summed E-state index contributed by atoms with van der Waals surface area (Å²) >= 11 is 7.13. The maximum atomic E-state index is 12.4. The molecule has 2 aromatic carbocycles. The minimum Gasteiger partial charge on any atom is -0.506 e. The molecular formula is C21H18ClNO5S. The lowest BCUT2D eigenvalue weighted by atomic mass is 10.1. The van der Waals surface area contributed by atoms with Gasteiger partial charge in [0.15, 0.2) is 11.5 Å². The van der Waals surface area contributed by atoms with Crippen molar-refractivity contribution in [2.24, 2.45) is 4.99 Å². The molecule has 0 atom stereocenters. The molecule has 8 heteroatoms. The van der Waals surface area contributed by atoms with Crippen molar-refractivity contribution in [1.29, 1.82) is 0 Å². The lowest BCUT2D eigenvalue weighted by Gasteiger charge is -2.04. The molecule has 0 fully saturated rings. The molecule has 0 saturated heterocycles. The van der Waals surface area contributed by atoms with Crippen molar-refractivity contribution in [3.05, 3.63) is 69.3 Å². The van der Waals surface area contributed by atoms with Crippen LogP contribution in [0.4, 0.5) is 5.69 Å². The molecule has 2 aromatic rings. The predicted molar refractivity (Wildman–Crippen MR) is 115 cm³/mol. The van der Waals surface area contributed by atoms with Gasteiger partial charge < -0.3 is 19.7 Å². The van der Waals surface area contributed by atoms with E-state index in [9.17, 15) is 15.0 Å². The molecule has 0 amide bonds. The van der Waals surface area contributed by atoms with Crippen LogP contribution in [-0.2, 0) is 9.53 Å². The molecule has 0 aromatic heterocycles. The summed E-state index contributed by atoms with van der Waals surface area (Å²) in [5, 5.41) is 21.4. The summed E-state index contributed by atoms with van der Waals surface area (Å²) in [6.45, 7) is 1.85. The number of aliphatic hydroxyl groups excluding tert-OH is 1. The monoisotopic (exact) mass is 431 g/mol.